The molecule has 0 saturated heterocycles. The number of fused-ring (bicyclic) bond motifs is 1. The smallest absolute Gasteiger partial charge is 0.384 e. The summed E-state index contributed by atoms with van der Waals surface area (Å²) in [7, 11) is -4.67. The number of alkyl halides is 6. The number of nitrogen functional groups attached to an aromatic ring is 1. The number of anilines is 1. The van der Waals surface area contributed by atoms with E-state index in [0.717, 1.165) is 35.7 Å². The fourth-order valence-electron chi connectivity index (χ4n) is 4.60. The Bertz CT molecular complexity index is 2150. The van der Waals surface area contributed by atoms with Gasteiger partial charge in [0.25, 0.3) is 5.56 Å². The second-order valence-electron chi connectivity index (χ2n) is 10.5. The Morgan fingerprint density at radius 2 is 1.79 bits per heavy atom. The molecule has 0 radical (unpaired) electrons. The van der Waals surface area contributed by atoms with Gasteiger partial charge in [-0.15, -0.1) is 11.3 Å². The van der Waals surface area contributed by atoms with Crippen LogP contribution in [0.15, 0.2) is 82.7 Å². The zero-order chi connectivity index (χ0) is 34.5. The van der Waals surface area contributed by atoms with E-state index in [1.807, 2.05) is 0 Å². The Balaban J connectivity index is 1.64. The summed E-state index contributed by atoms with van der Waals surface area (Å²) >= 11 is 7.42. The molecule has 0 unspecified atom stereocenters. The Labute approximate surface area is 271 Å². The quantitative estimate of drug-likeness (QED) is 0.164. The zero-order valence-electron chi connectivity index (χ0n) is 23.8. The van der Waals surface area contributed by atoms with Gasteiger partial charge in [0.05, 0.1) is 27.3 Å². The number of nitrogens with zero attached hydrogens (tertiary/aromatic N) is 3. The van der Waals surface area contributed by atoms with E-state index in [1.54, 1.807) is 24.3 Å². The summed E-state index contributed by atoms with van der Waals surface area (Å²) in [6.07, 6.45) is -8.13. The van der Waals surface area contributed by atoms with Crippen molar-refractivity contribution in [3.05, 3.63) is 105 Å². The lowest BCUT2D eigenvalue weighted by Crippen LogP contribution is -2.39. The molecular formula is C29H22ClF6N5O4S2. The maximum atomic E-state index is 13.6. The molecule has 248 valence electrons. The van der Waals surface area contributed by atoms with Crippen LogP contribution in [0.4, 0.5) is 32.2 Å². The van der Waals surface area contributed by atoms with Crippen LogP contribution in [0.2, 0.25) is 5.02 Å². The van der Waals surface area contributed by atoms with E-state index < -0.39 is 56.6 Å². The molecule has 4 heterocycles. The summed E-state index contributed by atoms with van der Waals surface area (Å²) in [5, 5.41) is 10.7. The second kappa shape index (κ2) is 12.2. The van der Waals surface area contributed by atoms with Crippen molar-refractivity contribution in [2.75, 3.05) is 5.73 Å². The van der Waals surface area contributed by atoms with E-state index in [1.165, 1.54) is 12.1 Å². The molecule has 0 aliphatic heterocycles. The topological polar surface area (TPSA) is 140 Å². The minimum Gasteiger partial charge on any atom is -0.384 e. The molecule has 4 N–H and O–H groups in total. The van der Waals surface area contributed by atoms with Crippen molar-refractivity contribution in [1.29, 1.82) is 0 Å². The van der Waals surface area contributed by atoms with Crippen LogP contribution in [-0.4, -0.2) is 40.4 Å². The molecular weight excluding hydrogens is 696 g/mol. The minimum absolute atomic E-state index is 0.0182. The molecule has 5 aromatic rings. The fourth-order valence-corrected chi connectivity index (χ4v) is 7.33. The van der Waals surface area contributed by atoms with Gasteiger partial charge in [-0.1, -0.05) is 29.8 Å². The molecule has 0 aliphatic carbocycles. The molecule has 0 amide bonds. The van der Waals surface area contributed by atoms with Crippen molar-refractivity contribution in [3.63, 3.8) is 0 Å². The number of rotatable bonds is 8. The number of halogens is 7. The lowest BCUT2D eigenvalue weighted by atomic mass is 9.94. The Hall–Kier alpha value is -4.03. The number of hydrogen-bond donors (Lipinski definition) is 3. The van der Waals surface area contributed by atoms with Crippen LogP contribution < -0.4 is 16.0 Å². The molecule has 18 heteroatoms. The highest BCUT2D eigenvalue weighted by molar-refractivity contribution is 7.89. The van der Waals surface area contributed by atoms with Gasteiger partial charge in [-0.2, -0.15) is 31.1 Å². The van der Waals surface area contributed by atoms with Crippen LogP contribution in [0.25, 0.3) is 21.3 Å². The summed E-state index contributed by atoms with van der Waals surface area (Å²) in [6, 6.07) is 11.4. The molecule has 47 heavy (non-hydrogen) atoms. The van der Waals surface area contributed by atoms with Crippen LogP contribution in [0, 0.1) is 0 Å². The number of nitrogens with two attached hydrogens (primary N) is 1. The van der Waals surface area contributed by atoms with E-state index in [9.17, 15) is 44.7 Å². The van der Waals surface area contributed by atoms with Crippen molar-refractivity contribution in [2.24, 2.45) is 0 Å². The van der Waals surface area contributed by atoms with E-state index in [4.69, 9.17) is 17.3 Å². The van der Waals surface area contributed by atoms with E-state index in [2.05, 4.69) is 14.7 Å². The third kappa shape index (κ3) is 7.13. The Morgan fingerprint density at radius 1 is 1.06 bits per heavy atom. The van der Waals surface area contributed by atoms with Gasteiger partial charge in [-0.05, 0) is 54.3 Å². The molecule has 4 aromatic heterocycles. The number of aromatic nitrogens is 3. The Morgan fingerprint density at radius 3 is 2.47 bits per heavy atom. The normalized spacial score (nSPS) is 14.7. The first-order valence-corrected chi connectivity index (χ1v) is 15.9. The number of benzene rings is 1. The molecule has 0 spiro atoms. The van der Waals surface area contributed by atoms with Gasteiger partial charge >= 0.3 is 12.4 Å². The first kappa shape index (κ1) is 34.3. The first-order chi connectivity index (χ1) is 21.8. The minimum atomic E-state index is -4.98. The zero-order valence-corrected chi connectivity index (χ0v) is 26.2. The van der Waals surface area contributed by atoms with Crippen molar-refractivity contribution < 1.29 is 39.9 Å². The van der Waals surface area contributed by atoms with Crippen LogP contribution >= 0.6 is 22.9 Å². The molecule has 0 saturated carbocycles. The SMILES string of the molecule is C[C@](O)(c1ccnc(-c2cccc3cc([C@H](NS(=O)(=O)c4ccc(=O)n(CC(F)(F)F)c4)c4nc(N)ccc4Cl)sc23)c1)C(F)(F)F. The fraction of sp³-hybridized carbons (Fsp3) is 0.207. The summed E-state index contributed by atoms with van der Waals surface area (Å²) in [6.45, 7) is -1.11. The lowest BCUT2D eigenvalue weighted by molar-refractivity contribution is -0.258. The first-order valence-electron chi connectivity index (χ1n) is 13.3. The molecule has 0 fully saturated rings. The van der Waals surface area contributed by atoms with Gasteiger partial charge in [0.15, 0.2) is 5.60 Å². The number of nitrogens with one attached hydrogen (secondary N) is 1. The maximum Gasteiger partial charge on any atom is 0.421 e. The van der Waals surface area contributed by atoms with Crippen molar-refractivity contribution in [3.8, 4) is 11.3 Å². The van der Waals surface area contributed by atoms with Crippen LogP contribution in [0.3, 0.4) is 0 Å². The number of aliphatic hydroxyl groups is 1. The third-order valence-electron chi connectivity index (χ3n) is 7.06. The summed E-state index contributed by atoms with van der Waals surface area (Å²) in [5.41, 5.74) is 1.52. The summed E-state index contributed by atoms with van der Waals surface area (Å²) in [4.78, 5) is 20.0. The highest BCUT2D eigenvalue weighted by Crippen LogP contribution is 2.42. The van der Waals surface area contributed by atoms with Gasteiger partial charge in [0.2, 0.25) is 10.0 Å². The average molecular weight is 718 g/mol. The summed E-state index contributed by atoms with van der Waals surface area (Å²) in [5.74, 6) is -0.0353. The molecule has 1 aromatic carbocycles. The van der Waals surface area contributed by atoms with Gasteiger partial charge < -0.3 is 15.4 Å². The summed E-state index contributed by atoms with van der Waals surface area (Å²) < 4.78 is 110. The van der Waals surface area contributed by atoms with Gasteiger partial charge in [-0.25, -0.2) is 13.4 Å². The number of thiophene rings is 1. The van der Waals surface area contributed by atoms with E-state index >= 15 is 0 Å². The van der Waals surface area contributed by atoms with E-state index in [-0.39, 0.29) is 31.7 Å². The van der Waals surface area contributed by atoms with Crippen molar-refractivity contribution in [2.45, 2.75) is 42.4 Å². The number of hydrogen-bond acceptors (Lipinski definition) is 8. The van der Waals surface area contributed by atoms with Gasteiger partial charge in [-0.3, -0.25) is 9.78 Å². The average Bonchev–Trinajstić information content (AvgIpc) is 3.41. The second-order valence-corrected chi connectivity index (χ2v) is 13.7. The van der Waals surface area contributed by atoms with Crippen LogP contribution in [-0.2, 0) is 22.2 Å². The molecule has 9 nitrogen and oxygen atoms in total. The lowest BCUT2D eigenvalue weighted by Gasteiger charge is -2.26. The predicted molar refractivity (Wildman–Crippen MR) is 163 cm³/mol. The van der Waals surface area contributed by atoms with Crippen LogP contribution in [0.1, 0.15) is 29.1 Å². The van der Waals surface area contributed by atoms with Gasteiger partial charge in [0, 0.05) is 33.6 Å². The molecule has 0 bridgehead atoms. The molecule has 5 rings (SSSR count). The highest BCUT2D eigenvalue weighted by Gasteiger charge is 2.51. The van der Waals surface area contributed by atoms with E-state index in [0.29, 0.717) is 34.8 Å². The predicted octanol–water partition coefficient (Wildman–Crippen LogP) is 6.16. The third-order valence-corrected chi connectivity index (χ3v) is 10.0. The maximum absolute atomic E-state index is 13.6. The monoisotopic (exact) mass is 717 g/mol. The van der Waals surface area contributed by atoms with Crippen molar-refractivity contribution in [1.82, 2.24) is 19.3 Å². The van der Waals surface area contributed by atoms with Crippen LogP contribution in [0.5, 0.6) is 0 Å². The highest BCUT2D eigenvalue weighted by atomic mass is 35.5. The number of pyridine rings is 3. The molecule has 0 aliphatic rings. The largest absolute Gasteiger partial charge is 0.421 e. The molecule has 2 atom stereocenters. The van der Waals surface area contributed by atoms with Crippen molar-refractivity contribution >= 4 is 48.9 Å². The van der Waals surface area contributed by atoms with Gasteiger partial charge in [0.1, 0.15) is 12.4 Å². The Kier molecular flexibility index (Phi) is 8.91. The number of sulfonamides is 1. The standard InChI is InChI=1S/C29H22ClF6N5O4S2/c1-27(43,29(34,35)36)16-9-10-38-20(12-16)18-4-2-3-15-11-21(46-26(15)18)25(24-19(30)6-7-22(37)39-24)40-47(44,45)17-5-8-23(42)41(13-17)14-28(31,32)33/h2-13,25,40,43H,14H2,1H3,(H2,37,39)/t25-,27-/m0/s1.